The van der Waals surface area contributed by atoms with E-state index in [0.29, 0.717) is 47.6 Å². The summed E-state index contributed by atoms with van der Waals surface area (Å²) >= 11 is 1.46. The topological polar surface area (TPSA) is 55.2 Å². The number of alkyl halides is 1. The number of carbonyl (C=O) groups excluding carboxylic acids is 1. The van der Waals surface area contributed by atoms with E-state index >= 15 is 0 Å². The van der Waals surface area contributed by atoms with Crippen molar-refractivity contribution < 1.29 is 9.18 Å². The van der Waals surface area contributed by atoms with Crippen molar-refractivity contribution >= 4 is 28.0 Å². The van der Waals surface area contributed by atoms with Gasteiger partial charge in [-0.25, -0.2) is 0 Å². The van der Waals surface area contributed by atoms with E-state index in [1.54, 1.807) is 4.90 Å². The van der Waals surface area contributed by atoms with Crippen molar-refractivity contribution in [3.05, 3.63) is 56.1 Å². The largest absolute Gasteiger partial charge is 0.337 e. The Morgan fingerprint density at radius 3 is 2.55 bits per heavy atom. The highest BCUT2D eigenvalue weighted by Gasteiger charge is 2.27. The van der Waals surface area contributed by atoms with Crippen molar-refractivity contribution in [2.24, 2.45) is 5.92 Å². The van der Waals surface area contributed by atoms with Crippen LogP contribution >= 0.6 is 11.3 Å². The number of halogens is 1. The highest BCUT2D eigenvalue weighted by Crippen LogP contribution is 2.27. The molecule has 3 aromatic rings. The predicted octanol–water partition coefficient (Wildman–Crippen LogP) is 4.28. The number of aromatic nitrogens is 2. The van der Waals surface area contributed by atoms with Crippen LogP contribution in [0.5, 0.6) is 0 Å². The molecule has 1 aliphatic heterocycles. The molecule has 152 valence electrons. The summed E-state index contributed by atoms with van der Waals surface area (Å²) in [6.07, 6.45) is 2.17. The molecule has 0 unspecified atom stereocenters. The van der Waals surface area contributed by atoms with Crippen LogP contribution in [0, 0.1) is 19.8 Å². The first kappa shape index (κ1) is 19.8. The van der Waals surface area contributed by atoms with Gasteiger partial charge in [0, 0.05) is 28.7 Å². The van der Waals surface area contributed by atoms with Crippen LogP contribution in [0.25, 0.3) is 16.5 Å². The first-order valence-electron chi connectivity index (χ1n) is 9.93. The molecule has 3 heterocycles. The van der Waals surface area contributed by atoms with Crippen molar-refractivity contribution in [2.45, 2.75) is 33.1 Å². The molecule has 1 fully saturated rings. The molecule has 2 aromatic heterocycles. The molecular formula is C22H24FN3O2S. The Kier molecular flexibility index (Phi) is 5.50. The van der Waals surface area contributed by atoms with E-state index in [9.17, 15) is 14.0 Å². The second-order valence-electron chi connectivity index (χ2n) is 7.69. The van der Waals surface area contributed by atoms with Crippen molar-refractivity contribution in [3.8, 4) is 5.69 Å². The SMILES string of the molecule is Cc1ccc(-n2nc(C(=O)N3CCC(CC[18F])CC3)c3csc(C)c3c2=O)cc1. The monoisotopic (exact) mass is 412 g/mol. The third-order valence-electron chi connectivity index (χ3n) is 5.74. The summed E-state index contributed by atoms with van der Waals surface area (Å²) in [6.45, 7) is 4.76. The van der Waals surface area contributed by atoms with E-state index in [1.165, 1.54) is 16.0 Å². The second-order valence-corrected chi connectivity index (χ2v) is 8.78. The maximum atomic E-state index is 13.3. The lowest BCUT2D eigenvalue weighted by molar-refractivity contribution is 0.0678. The van der Waals surface area contributed by atoms with E-state index in [1.807, 2.05) is 43.5 Å². The minimum Gasteiger partial charge on any atom is -0.337 e. The number of amides is 1. The van der Waals surface area contributed by atoms with Gasteiger partial charge in [0.15, 0.2) is 5.69 Å². The van der Waals surface area contributed by atoms with E-state index in [0.717, 1.165) is 23.3 Å². The number of benzene rings is 1. The molecule has 1 amide bonds. The number of hydrogen-bond acceptors (Lipinski definition) is 4. The minimum atomic E-state index is -0.309. The third-order valence-corrected chi connectivity index (χ3v) is 6.65. The summed E-state index contributed by atoms with van der Waals surface area (Å²) in [6, 6.07) is 7.53. The van der Waals surface area contributed by atoms with Gasteiger partial charge >= 0.3 is 0 Å². The average molecular weight is 413 g/mol. The number of hydrogen-bond donors (Lipinski definition) is 0. The van der Waals surface area contributed by atoms with Gasteiger partial charge in [0.2, 0.25) is 0 Å². The number of likely N-dealkylation sites (tertiary alicyclic amines) is 1. The van der Waals surface area contributed by atoms with Crippen molar-refractivity contribution in [2.75, 3.05) is 19.8 Å². The quantitative estimate of drug-likeness (QED) is 0.643. The zero-order valence-corrected chi connectivity index (χ0v) is 17.5. The molecule has 5 nitrogen and oxygen atoms in total. The Bertz CT molecular complexity index is 1100. The van der Waals surface area contributed by atoms with Gasteiger partial charge in [0.25, 0.3) is 11.5 Å². The zero-order chi connectivity index (χ0) is 20.5. The first-order valence-corrected chi connectivity index (χ1v) is 10.8. The molecule has 0 spiro atoms. The van der Waals surface area contributed by atoms with Crippen LogP contribution in [0.1, 0.15) is 40.2 Å². The van der Waals surface area contributed by atoms with Gasteiger partial charge in [0.1, 0.15) is 0 Å². The fourth-order valence-corrected chi connectivity index (χ4v) is 4.79. The summed E-state index contributed by atoms with van der Waals surface area (Å²) in [5.74, 6) is 0.175. The summed E-state index contributed by atoms with van der Waals surface area (Å²) in [7, 11) is 0. The Morgan fingerprint density at radius 2 is 1.90 bits per heavy atom. The van der Waals surface area contributed by atoms with Crippen LogP contribution in [0.4, 0.5) is 4.39 Å². The van der Waals surface area contributed by atoms with Crippen molar-refractivity contribution in [1.29, 1.82) is 0 Å². The zero-order valence-electron chi connectivity index (χ0n) is 16.7. The normalized spacial score (nSPS) is 15.2. The number of carbonyl (C=O) groups is 1. The predicted molar refractivity (Wildman–Crippen MR) is 114 cm³/mol. The van der Waals surface area contributed by atoms with Gasteiger partial charge in [-0.3, -0.25) is 14.0 Å². The average Bonchev–Trinajstić information content (AvgIpc) is 3.12. The lowest BCUT2D eigenvalue weighted by Crippen LogP contribution is -2.40. The van der Waals surface area contributed by atoms with E-state index in [-0.39, 0.29) is 18.1 Å². The van der Waals surface area contributed by atoms with E-state index in [4.69, 9.17) is 0 Å². The molecule has 4 rings (SSSR count). The maximum Gasteiger partial charge on any atom is 0.280 e. The smallest absolute Gasteiger partial charge is 0.280 e. The van der Waals surface area contributed by atoms with Gasteiger partial charge in [-0.2, -0.15) is 9.78 Å². The van der Waals surface area contributed by atoms with Crippen molar-refractivity contribution in [1.82, 2.24) is 14.7 Å². The standard InChI is InChI=1S/C22H24FN3O2S/c1-14-3-5-17(6-4-14)26-21(27)19-15(2)29-13-18(19)20(24-26)22(28)25-11-8-16(7-10-23)9-12-25/h3-6,13,16H,7-12H2,1-2H3/i23-1. The maximum absolute atomic E-state index is 13.3. The molecule has 0 atom stereocenters. The molecule has 0 saturated carbocycles. The Hall–Kier alpha value is -2.54. The summed E-state index contributed by atoms with van der Waals surface area (Å²) in [4.78, 5) is 29.1. The van der Waals surface area contributed by atoms with Crippen LogP contribution in [-0.2, 0) is 0 Å². The van der Waals surface area contributed by atoms with Gasteiger partial charge in [-0.15, -0.1) is 11.3 Å². The third kappa shape index (κ3) is 3.71. The molecular weight excluding hydrogens is 388 g/mol. The molecule has 1 aromatic carbocycles. The van der Waals surface area contributed by atoms with Gasteiger partial charge in [-0.1, -0.05) is 17.7 Å². The van der Waals surface area contributed by atoms with Crippen molar-refractivity contribution in [3.63, 3.8) is 0 Å². The highest BCUT2D eigenvalue weighted by molar-refractivity contribution is 7.11. The first-order chi connectivity index (χ1) is 14.0. The molecule has 7 heteroatoms. The fourth-order valence-electron chi connectivity index (χ4n) is 3.95. The van der Waals surface area contributed by atoms with E-state index < -0.39 is 0 Å². The Morgan fingerprint density at radius 1 is 1.21 bits per heavy atom. The molecule has 0 bridgehead atoms. The summed E-state index contributed by atoms with van der Waals surface area (Å²) in [5.41, 5.74) is 1.83. The molecule has 1 aliphatic rings. The number of fused-ring (bicyclic) bond motifs is 1. The van der Waals surface area contributed by atoms with Crippen LogP contribution in [0.15, 0.2) is 34.4 Å². The Balaban J connectivity index is 1.76. The lowest BCUT2D eigenvalue weighted by Gasteiger charge is -2.31. The minimum absolute atomic E-state index is 0.160. The van der Waals surface area contributed by atoms with Gasteiger partial charge in [-0.05, 0) is 51.2 Å². The number of thiophene rings is 1. The summed E-state index contributed by atoms with van der Waals surface area (Å²) < 4.78 is 14.0. The molecule has 0 radical (unpaired) electrons. The van der Waals surface area contributed by atoms with Crippen LogP contribution in [0.3, 0.4) is 0 Å². The fraction of sp³-hybridized carbons (Fsp3) is 0.409. The molecule has 29 heavy (non-hydrogen) atoms. The number of aryl methyl sites for hydroxylation is 2. The number of rotatable bonds is 4. The van der Waals surface area contributed by atoms with Crippen LogP contribution < -0.4 is 5.56 Å². The molecule has 0 N–H and O–H groups in total. The van der Waals surface area contributed by atoms with Crippen LogP contribution in [-0.4, -0.2) is 40.4 Å². The molecule has 0 aliphatic carbocycles. The number of nitrogens with zero attached hydrogens (tertiary/aromatic N) is 3. The molecule has 1 saturated heterocycles. The summed E-state index contributed by atoms with van der Waals surface area (Å²) in [5, 5.41) is 7.53. The lowest BCUT2D eigenvalue weighted by atomic mass is 9.94. The van der Waals surface area contributed by atoms with Crippen LogP contribution in [0.2, 0.25) is 0 Å². The van der Waals surface area contributed by atoms with E-state index in [2.05, 4.69) is 5.10 Å². The van der Waals surface area contributed by atoms with Gasteiger partial charge in [0.05, 0.1) is 17.7 Å². The number of piperidine rings is 1. The highest BCUT2D eigenvalue weighted by atomic mass is 32.1. The Labute approximate surface area is 172 Å². The second kappa shape index (κ2) is 8.06. The van der Waals surface area contributed by atoms with Gasteiger partial charge < -0.3 is 4.90 Å².